The second kappa shape index (κ2) is 9.73. The molecule has 1 atom stereocenters. The van der Waals surface area contributed by atoms with Crippen LogP contribution in [-0.2, 0) is 6.42 Å². The number of hydrogen-bond donors (Lipinski definition) is 1. The van der Waals surface area contributed by atoms with E-state index >= 15 is 0 Å². The van der Waals surface area contributed by atoms with Crippen molar-refractivity contribution in [3.8, 4) is 28.7 Å². The number of nitrogens with one attached hydrogen (secondary N) is 1. The molecule has 2 aromatic rings. The third-order valence-corrected chi connectivity index (χ3v) is 4.29. The van der Waals surface area contributed by atoms with Gasteiger partial charge >= 0.3 is 0 Å². The Morgan fingerprint density at radius 3 is 1.89 bits per heavy atom. The van der Waals surface area contributed by atoms with E-state index in [9.17, 15) is 4.79 Å². The van der Waals surface area contributed by atoms with Crippen LogP contribution >= 0.6 is 0 Å². The number of hydrogen-bond acceptors (Lipinski definition) is 6. The quantitative estimate of drug-likeness (QED) is 0.710. The highest BCUT2D eigenvalue weighted by atomic mass is 16.5. The van der Waals surface area contributed by atoms with Crippen molar-refractivity contribution in [3.05, 3.63) is 41.5 Å². The monoisotopic (exact) mass is 389 g/mol. The molecule has 0 heterocycles. The lowest BCUT2D eigenvalue weighted by atomic mass is 10.1. The minimum absolute atomic E-state index is 0.107. The number of methoxy groups -OCH3 is 5. The Hall–Kier alpha value is -3.09. The van der Waals surface area contributed by atoms with E-state index in [-0.39, 0.29) is 11.9 Å². The number of carbonyl (C=O) groups excluding carboxylic acids is 1. The Morgan fingerprint density at radius 1 is 0.821 bits per heavy atom. The van der Waals surface area contributed by atoms with Crippen molar-refractivity contribution in [2.24, 2.45) is 0 Å². The predicted molar refractivity (Wildman–Crippen MR) is 106 cm³/mol. The Labute approximate surface area is 165 Å². The van der Waals surface area contributed by atoms with Gasteiger partial charge in [-0.3, -0.25) is 4.79 Å². The van der Waals surface area contributed by atoms with Gasteiger partial charge in [0.15, 0.2) is 23.0 Å². The second-order valence-electron chi connectivity index (χ2n) is 6.18. The van der Waals surface area contributed by atoms with Crippen LogP contribution in [0.25, 0.3) is 0 Å². The van der Waals surface area contributed by atoms with Crippen LogP contribution in [0.1, 0.15) is 22.8 Å². The standard InChI is InChI=1S/C21H27NO6/c1-13(9-14-7-8-16(24-2)17(10-14)25-3)22-21(23)15-11-18(26-4)20(28-6)19(12-15)27-5/h7-8,10-13H,9H2,1-6H3,(H,22,23). The normalized spacial score (nSPS) is 11.4. The Kier molecular flexibility index (Phi) is 7.37. The van der Waals surface area contributed by atoms with Crippen molar-refractivity contribution in [2.45, 2.75) is 19.4 Å². The molecule has 28 heavy (non-hydrogen) atoms. The first kappa shape index (κ1) is 21.2. The highest BCUT2D eigenvalue weighted by molar-refractivity contribution is 5.95. The Balaban J connectivity index is 2.14. The van der Waals surface area contributed by atoms with E-state index < -0.39 is 0 Å². The van der Waals surface area contributed by atoms with Crippen molar-refractivity contribution < 1.29 is 28.5 Å². The molecule has 0 aliphatic heterocycles. The summed E-state index contributed by atoms with van der Waals surface area (Å²) in [5.74, 6) is 2.40. The van der Waals surface area contributed by atoms with E-state index in [4.69, 9.17) is 23.7 Å². The molecular weight excluding hydrogens is 362 g/mol. The molecule has 7 heteroatoms. The molecule has 0 saturated heterocycles. The summed E-state index contributed by atoms with van der Waals surface area (Å²) in [6.07, 6.45) is 0.635. The van der Waals surface area contributed by atoms with E-state index in [0.717, 1.165) is 5.56 Å². The maximum absolute atomic E-state index is 12.7. The Bertz CT molecular complexity index is 796. The topological polar surface area (TPSA) is 75.3 Å². The summed E-state index contributed by atoms with van der Waals surface area (Å²) in [6.45, 7) is 1.94. The van der Waals surface area contributed by atoms with E-state index in [1.807, 2.05) is 25.1 Å². The number of carbonyl (C=O) groups is 1. The minimum atomic E-state index is -0.229. The molecule has 0 spiro atoms. The van der Waals surface area contributed by atoms with Gasteiger partial charge in [-0.2, -0.15) is 0 Å². The maximum atomic E-state index is 12.7. The molecular formula is C21H27NO6. The molecule has 0 fully saturated rings. The second-order valence-corrected chi connectivity index (χ2v) is 6.18. The van der Waals surface area contributed by atoms with Gasteiger partial charge in [0, 0.05) is 11.6 Å². The number of rotatable bonds is 9. The predicted octanol–water partition coefficient (Wildman–Crippen LogP) is 3.09. The summed E-state index contributed by atoms with van der Waals surface area (Å²) >= 11 is 0. The van der Waals surface area contributed by atoms with Crippen LogP contribution in [0.3, 0.4) is 0 Å². The van der Waals surface area contributed by atoms with Crippen LogP contribution in [0.15, 0.2) is 30.3 Å². The zero-order valence-corrected chi connectivity index (χ0v) is 17.1. The van der Waals surface area contributed by atoms with Crippen LogP contribution in [0.5, 0.6) is 28.7 Å². The average Bonchev–Trinajstić information content (AvgIpc) is 2.72. The molecule has 0 aromatic heterocycles. The van der Waals surface area contributed by atoms with Crippen molar-refractivity contribution >= 4 is 5.91 Å². The molecule has 0 radical (unpaired) electrons. The van der Waals surface area contributed by atoms with Crippen LogP contribution in [0.4, 0.5) is 0 Å². The van der Waals surface area contributed by atoms with E-state index in [2.05, 4.69) is 5.32 Å². The lowest BCUT2D eigenvalue weighted by molar-refractivity contribution is 0.0939. The first-order valence-corrected chi connectivity index (χ1v) is 8.79. The van der Waals surface area contributed by atoms with Gasteiger partial charge in [0.2, 0.25) is 5.75 Å². The lowest BCUT2D eigenvalue weighted by Gasteiger charge is -2.17. The fourth-order valence-corrected chi connectivity index (χ4v) is 2.93. The van der Waals surface area contributed by atoms with Crippen molar-refractivity contribution in [1.82, 2.24) is 5.32 Å². The zero-order valence-electron chi connectivity index (χ0n) is 17.1. The summed E-state index contributed by atoms with van der Waals surface area (Å²) in [6, 6.07) is 8.84. The molecule has 2 rings (SSSR count). The molecule has 0 aliphatic carbocycles. The summed E-state index contributed by atoms with van der Waals surface area (Å²) < 4.78 is 26.5. The SMILES string of the molecule is COc1ccc(CC(C)NC(=O)c2cc(OC)c(OC)c(OC)c2)cc1OC. The molecule has 0 saturated carbocycles. The Morgan fingerprint density at radius 2 is 1.39 bits per heavy atom. The van der Waals surface area contributed by atoms with Gasteiger partial charge in [-0.05, 0) is 43.2 Å². The smallest absolute Gasteiger partial charge is 0.251 e. The molecule has 152 valence electrons. The summed E-state index contributed by atoms with van der Waals surface area (Å²) in [5.41, 5.74) is 1.45. The zero-order chi connectivity index (χ0) is 20.7. The van der Waals surface area contributed by atoms with Crippen LogP contribution in [-0.4, -0.2) is 47.5 Å². The summed E-state index contributed by atoms with van der Waals surface area (Å²) in [4.78, 5) is 12.7. The molecule has 2 aromatic carbocycles. The highest BCUT2D eigenvalue weighted by Crippen LogP contribution is 2.38. The molecule has 1 amide bonds. The van der Waals surface area contributed by atoms with Gasteiger partial charge in [-0.1, -0.05) is 6.07 Å². The van der Waals surface area contributed by atoms with Gasteiger partial charge < -0.3 is 29.0 Å². The molecule has 0 bridgehead atoms. The van der Waals surface area contributed by atoms with E-state index in [0.29, 0.717) is 40.7 Å². The third kappa shape index (κ3) is 4.79. The average molecular weight is 389 g/mol. The fraction of sp³-hybridized carbons (Fsp3) is 0.381. The van der Waals surface area contributed by atoms with Crippen LogP contribution < -0.4 is 29.0 Å². The van der Waals surface area contributed by atoms with Crippen LogP contribution in [0.2, 0.25) is 0 Å². The number of amides is 1. The molecule has 0 aliphatic rings. The summed E-state index contributed by atoms with van der Waals surface area (Å²) in [7, 11) is 7.73. The minimum Gasteiger partial charge on any atom is -0.493 e. The van der Waals surface area contributed by atoms with Gasteiger partial charge in [0.25, 0.3) is 5.91 Å². The first-order valence-electron chi connectivity index (χ1n) is 8.79. The number of benzene rings is 2. The van der Waals surface area contributed by atoms with Crippen molar-refractivity contribution in [3.63, 3.8) is 0 Å². The van der Waals surface area contributed by atoms with Crippen molar-refractivity contribution in [1.29, 1.82) is 0 Å². The maximum Gasteiger partial charge on any atom is 0.251 e. The fourth-order valence-electron chi connectivity index (χ4n) is 2.93. The van der Waals surface area contributed by atoms with Gasteiger partial charge in [0.05, 0.1) is 35.5 Å². The van der Waals surface area contributed by atoms with Gasteiger partial charge in [-0.15, -0.1) is 0 Å². The van der Waals surface area contributed by atoms with Gasteiger partial charge in [-0.25, -0.2) is 0 Å². The highest BCUT2D eigenvalue weighted by Gasteiger charge is 2.18. The lowest BCUT2D eigenvalue weighted by Crippen LogP contribution is -2.34. The van der Waals surface area contributed by atoms with Crippen molar-refractivity contribution in [2.75, 3.05) is 35.5 Å². The van der Waals surface area contributed by atoms with E-state index in [1.54, 1.807) is 26.4 Å². The van der Waals surface area contributed by atoms with Crippen LogP contribution in [0, 0.1) is 0 Å². The number of ether oxygens (including phenoxy) is 5. The molecule has 1 unspecified atom stereocenters. The van der Waals surface area contributed by atoms with Gasteiger partial charge in [0.1, 0.15) is 0 Å². The molecule has 7 nitrogen and oxygen atoms in total. The summed E-state index contributed by atoms with van der Waals surface area (Å²) in [5, 5.41) is 2.99. The molecule has 1 N–H and O–H groups in total. The van der Waals surface area contributed by atoms with E-state index in [1.165, 1.54) is 21.3 Å². The largest absolute Gasteiger partial charge is 0.493 e. The first-order chi connectivity index (χ1) is 13.5. The third-order valence-electron chi connectivity index (χ3n) is 4.29.